The third-order valence-corrected chi connectivity index (χ3v) is 3.92. The van der Waals surface area contributed by atoms with Crippen LogP contribution in [0.2, 0.25) is 0 Å². The Kier molecular flexibility index (Phi) is 11.1. The molecule has 7 heteroatoms. The maximum Gasteiger partial charge on any atom is 0.207 e. The van der Waals surface area contributed by atoms with Crippen LogP contribution in [0.25, 0.3) is 0 Å². The van der Waals surface area contributed by atoms with Crippen LogP contribution in [0.3, 0.4) is 0 Å². The van der Waals surface area contributed by atoms with Crippen molar-refractivity contribution in [2.75, 3.05) is 26.7 Å². The molecule has 7 nitrogen and oxygen atoms in total. The summed E-state index contributed by atoms with van der Waals surface area (Å²) in [6.07, 6.45) is 3.30. The van der Waals surface area contributed by atoms with Gasteiger partial charge in [0.25, 0.3) is 0 Å². The van der Waals surface area contributed by atoms with Gasteiger partial charge in [0.05, 0.1) is 11.6 Å². The first-order chi connectivity index (χ1) is 10.1. The Morgan fingerprint density at radius 3 is 2.38 bits per heavy atom. The molecule has 0 aromatic carbocycles. The maximum absolute atomic E-state index is 12.8. The largest absolute Gasteiger partial charge is 0.349 e. The number of amides is 1. The van der Waals surface area contributed by atoms with E-state index < -0.39 is 11.6 Å². The molecule has 0 spiro atoms. The number of nitrogens with two attached hydrogens (primary N) is 1. The number of carbonyl (C=O) groups excluding carboxylic acids is 2. The summed E-state index contributed by atoms with van der Waals surface area (Å²) in [5.41, 5.74) is 1.97. The van der Waals surface area contributed by atoms with E-state index in [9.17, 15) is 9.59 Å². The van der Waals surface area contributed by atoms with Gasteiger partial charge < -0.3 is 16.0 Å². The van der Waals surface area contributed by atoms with Gasteiger partial charge >= 0.3 is 0 Å². The molecule has 0 aromatic heterocycles. The predicted octanol–water partition coefficient (Wildman–Crippen LogP) is -0.719. The van der Waals surface area contributed by atoms with E-state index in [1.165, 1.54) is 0 Å². The highest BCUT2D eigenvalue weighted by molar-refractivity contribution is 5.94. The lowest BCUT2D eigenvalue weighted by Crippen LogP contribution is -2.59. The summed E-state index contributed by atoms with van der Waals surface area (Å²) in [6.45, 7) is 6.10. The van der Waals surface area contributed by atoms with Crippen LogP contribution in [0.5, 0.6) is 0 Å². The second-order valence-corrected chi connectivity index (χ2v) is 5.12. The Labute approximate surface area is 127 Å². The van der Waals surface area contributed by atoms with Crippen LogP contribution < -0.4 is 27.2 Å². The number of rotatable bonds is 14. The smallest absolute Gasteiger partial charge is 0.207 e. The molecule has 0 aromatic rings. The Balaban J connectivity index is 4.87. The summed E-state index contributed by atoms with van der Waals surface area (Å²) in [5.74, 6) is 5.29. The molecule has 0 fully saturated rings. The van der Waals surface area contributed by atoms with Gasteiger partial charge in [-0.15, -0.1) is 0 Å². The van der Waals surface area contributed by atoms with Crippen molar-refractivity contribution >= 4 is 12.2 Å². The van der Waals surface area contributed by atoms with E-state index in [-0.39, 0.29) is 5.78 Å². The molecule has 0 saturated carbocycles. The molecule has 0 rings (SSSR count). The quantitative estimate of drug-likeness (QED) is 0.125. The zero-order valence-corrected chi connectivity index (χ0v) is 13.5. The summed E-state index contributed by atoms with van der Waals surface area (Å²) < 4.78 is 0. The number of hydrogen-bond acceptors (Lipinski definition) is 6. The number of hydrogen-bond donors (Lipinski definition) is 5. The minimum atomic E-state index is -0.590. The van der Waals surface area contributed by atoms with Crippen molar-refractivity contribution in [3.05, 3.63) is 0 Å². The van der Waals surface area contributed by atoms with Gasteiger partial charge in [-0.3, -0.25) is 20.9 Å². The molecule has 0 heterocycles. The standard InChI is InChI=1S/C14H31N5O2/c1-4-14(5-2,18-10-9-16-3)13(21)12(17-11-20)7-6-8-19-15/h11-12,16,18-19H,4-10,15H2,1-3H3,(H,17,20). The highest BCUT2D eigenvalue weighted by Gasteiger charge is 2.38. The summed E-state index contributed by atoms with van der Waals surface area (Å²) in [7, 11) is 1.87. The number of hydrazine groups is 1. The fourth-order valence-electron chi connectivity index (χ4n) is 2.48. The lowest BCUT2D eigenvalue weighted by molar-refractivity contribution is -0.129. The van der Waals surface area contributed by atoms with Crippen molar-refractivity contribution in [1.29, 1.82) is 0 Å². The van der Waals surface area contributed by atoms with Crippen molar-refractivity contribution in [3.63, 3.8) is 0 Å². The number of nitrogens with one attached hydrogen (secondary N) is 4. The van der Waals surface area contributed by atoms with Crippen LogP contribution in [0.1, 0.15) is 39.5 Å². The summed E-state index contributed by atoms with van der Waals surface area (Å²) in [4.78, 5) is 23.6. The topological polar surface area (TPSA) is 108 Å². The molecular weight excluding hydrogens is 270 g/mol. The molecule has 0 aliphatic heterocycles. The third kappa shape index (κ3) is 6.52. The molecule has 0 radical (unpaired) electrons. The minimum Gasteiger partial charge on any atom is -0.349 e. The normalized spacial score (nSPS) is 13.0. The summed E-state index contributed by atoms with van der Waals surface area (Å²) in [5, 5.41) is 9.06. The Morgan fingerprint density at radius 2 is 1.90 bits per heavy atom. The van der Waals surface area contributed by atoms with Crippen molar-refractivity contribution in [2.24, 2.45) is 5.84 Å². The highest BCUT2D eigenvalue weighted by atomic mass is 16.1. The summed E-state index contributed by atoms with van der Waals surface area (Å²) >= 11 is 0. The highest BCUT2D eigenvalue weighted by Crippen LogP contribution is 2.20. The molecule has 1 unspecified atom stereocenters. The van der Waals surface area contributed by atoms with Crippen molar-refractivity contribution in [1.82, 2.24) is 21.4 Å². The minimum absolute atomic E-state index is 0.0488. The molecule has 0 bridgehead atoms. The van der Waals surface area contributed by atoms with Crippen LogP contribution in [-0.4, -0.2) is 50.5 Å². The average molecular weight is 301 g/mol. The Hall–Kier alpha value is -1.02. The first-order valence-corrected chi connectivity index (χ1v) is 7.68. The van der Waals surface area contributed by atoms with Gasteiger partial charge in [0.1, 0.15) is 0 Å². The van der Waals surface area contributed by atoms with E-state index in [1.807, 2.05) is 20.9 Å². The van der Waals surface area contributed by atoms with Crippen LogP contribution in [-0.2, 0) is 9.59 Å². The number of ketones is 1. The second kappa shape index (κ2) is 11.6. The van der Waals surface area contributed by atoms with Crippen molar-refractivity contribution in [3.8, 4) is 0 Å². The lowest BCUT2D eigenvalue weighted by atomic mass is 9.83. The molecular formula is C14H31N5O2. The monoisotopic (exact) mass is 301 g/mol. The van der Waals surface area contributed by atoms with E-state index in [0.717, 1.165) is 13.0 Å². The summed E-state index contributed by atoms with van der Waals surface area (Å²) in [6, 6.07) is -0.474. The van der Waals surface area contributed by atoms with Crippen LogP contribution >= 0.6 is 0 Å². The van der Waals surface area contributed by atoms with Crippen molar-refractivity contribution in [2.45, 2.75) is 51.1 Å². The average Bonchev–Trinajstić information content (AvgIpc) is 2.51. The van der Waals surface area contributed by atoms with E-state index in [2.05, 4.69) is 21.4 Å². The Bertz CT molecular complexity index is 295. The molecule has 1 atom stereocenters. The third-order valence-electron chi connectivity index (χ3n) is 3.92. The lowest BCUT2D eigenvalue weighted by Gasteiger charge is -2.35. The molecule has 0 aliphatic carbocycles. The number of carbonyl (C=O) groups is 2. The molecule has 0 saturated heterocycles. The molecule has 1 amide bonds. The number of Topliss-reactive ketones (excluding diaryl/α,β-unsaturated/α-hetero) is 1. The van der Waals surface area contributed by atoms with E-state index in [4.69, 9.17) is 5.84 Å². The first kappa shape index (κ1) is 20.0. The van der Waals surface area contributed by atoms with Gasteiger partial charge in [-0.25, -0.2) is 0 Å². The fourth-order valence-corrected chi connectivity index (χ4v) is 2.48. The van der Waals surface area contributed by atoms with Gasteiger partial charge in [0.15, 0.2) is 5.78 Å². The SMILES string of the molecule is CCC(CC)(NCCNC)C(=O)C(CCCNN)NC=O. The predicted molar refractivity (Wildman–Crippen MR) is 84.7 cm³/mol. The van der Waals surface area contributed by atoms with Crippen molar-refractivity contribution < 1.29 is 9.59 Å². The van der Waals surface area contributed by atoms with Gasteiger partial charge in [0, 0.05) is 19.6 Å². The molecule has 0 aliphatic rings. The van der Waals surface area contributed by atoms with Gasteiger partial charge in [-0.1, -0.05) is 13.8 Å². The van der Waals surface area contributed by atoms with E-state index >= 15 is 0 Å². The molecule has 6 N–H and O–H groups in total. The Morgan fingerprint density at radius 1 is 1.24 bits per heavy atom. The molecule has 124 valence electrons. The van der Waals surface area contributed by atoms with Crippen LogP contribution in [0, 0.1) is 0 Å². The fraction of sp³-hybridized carbons (Fsp3) is 0.857. The zero-order chi connectivity index (χ0) is 16.1. The zero-order valence-electron chi connectivity index (χ0n) is 13.5. The van der Waals surface area contributed by atoms with E-state index in [0.29, 0.717) is 38.8 Å². The molecule has 21 heavy (non-hydrogen) atoms. The van der Waals surface area contributed by atoms with Gasteiger partial charge in [-0.2, -0.15) is 0 Å². The van der Waals surface area contributed by atoms with Crippen LogP contribution in [0.4, 0.5) is 0 Å². The maximum atomic E-state index is 12.8. The van der Waals surface area contributed by atoms with E-state index in [1.54, 1.807) is 0 Å². The van der Waals surface area contributed by atoms with Gasteiger partial charge in [-0.05, 0) is 32.7 Å². The number of likely N-dealkylation sites (N-methyl/N-ethyl adjacent to an activating group) is 1. The van der Waals surface area contributed by atoms with Gasteiger partial charge in [0.2, 0.25) is 6.41 Å². The first-order valence-electron chi connectivity index (χ1n) is 7.68. The van der Waals surface area contributed by atoms with Crippen LogP contribution in [0.15, 0.2) is 0 Å². The second-order valence-electron chi connectivity index (χ2n) is 5.12.